The summed E-state index contributed by atoms with van der Waals surface area (Å²) in [6.45, 7) is 6.20. The number of ether oxygens (including phenoxy) is 1. The number of aryl methyl sites for hydroxylation is 1. The van der Waals surface area contributed by atoms with Gasteiger partial charge in [0, 0.05) is 6.04 Å². The van der Waals surface area contributed by atoms with Gasteiger partial charge in [-0.1, -0.05) is 19.1 Å². The molecule has 1 atom stereocenters. The van der Waals surface area contributed by atoms with Crippen LogP contribution in [0.4, 0.5) is 0 Å². The van der Waals surface area contributed by atoms with E-state index < -0.39 is 0 Å². The first-order chi connectivity index (χ1) is 8.29. The van der Waals surface area contributed by atoms with Gasteiger partial charge in [-0.3, -0.25) is 0 Å². The number of rotatable bonds is 7. The van der Waals surface area contributed by atoms with Crippen LogP contribution in [0, 0.1) is 12.8 Å². The van der Waals surface area contributed by atoms with Crippen LogP contribution >= 0.6 is 0 Å². The smallest absolute Gasteiger partial charge is 0.119 e. The molecule has 1 aliphatic carbocycles. The van der Waals surface area contributed by atoms with E-state index in [1.165, 1.54) is 24.8 Å². The molecule has 2 nitrogen and oxygen atoms in total. The van der Waals surface area contributed by atoms with Gasteiger partial charge in [0.1, 0.15) is 12.4 Å². The van der Waals surface area contributed by atoms with E-state index in [0.717, 1.165) is 24.8 Å². The fourth-order valence-corrected chi connectivity index (χ4v) is 2.08. The van der Waals surface area contributed by atoms with Crippen LogP contribution in [0.5, 0.6) is 5.75 Å². The van der Waals surface area contributed by atoms with E-state index in [1.807, 2.05) is 6.07 Å². The van der Waals surface area contributed by atoms with Gasteiger partial charge in [-0.15, -0.1) is 0 Å². The minimum atomic E-state index is 0.537. The molecule has 2 rings (SSSR count). The van der Waals surface area contributed by atoms with Crippen molar-refractivity contribution in [2.75, 3.05) is 13.2 Å². The van der Waals surface area contributed by atoms with Gasteiger partial charge in [0.25, 0.3) is 0 Å². The Labute approximate surface area is 104 Å². The molecule has 0 aliphatic heterocycles. The van der Waals surface area contributed by atoms with Gasteiger partial charge >= 0.3 is 0 Å². The Hall–Kier alpha value is -1.02. The number of benzene rings is 1. The van der Waals surface area contributed by atoms with Gasteiger partial charge in [-0.05, 0) is 56.3 Å². The van der Waals surface area contributed by atoms with E-state index in [4.69, 9.17) is 4.74 Å². The summed E-state index contributed by atoms with van der Waals surface area (Å²) in [5.74, 6) is 1.83. The van der Waals surface area contributed by atoms with Crippen LogP contribution < -0.4 is 10.1 Å². The molecule has 1 aromatic carbocycles. The number of nitrogens with one attached hydrogen (secondary N) is 1. The molecule has 0 heterocycles. The highest BCUT2D eigenvalue weighted by molar-refractivity contribution is 5.27. The highest BCUT2D eigenvalue weighted by Crippen LogP contribution is 2.33. The van der Waals surface area contributed by atoms with Gasteiger partial charge in [0.15, 0.2) is 0 Å². The Morgan fingerprint density at radius 2 is 2.24 bits per heavy atom. The predicted molar refractivity (Wildman–Crippen MR) is 71.5 cm³/mol. The van der Waals surface area contributed by atoms with E-state index >= 15 is 0 Å². The standard InChI is InChI=1S/C15H23NO/c1-3-9-16-15(13-7-8-13)11-17-14-6-4-5-12(2)10-14/h4-6,10,13,15-16H,3,7-9,11H2,1-2H3. The molecule has 2 heteroatoms. The third kappa shape index (κ3) is 4.04. The van der Waals surface area contributed by atoms with E-state index in [2.05, 4.69) is 37.4 Å². The minimum Gasteiger partial charge on any atom is -0.492 e. The van der Waals surface area contributed by atoms with Crippen molar-refractivity contribution in [2.24, 2.45) is 5.92 Å². The fraction of sp³-hybridized carbons (Fsp3) is 0.600. The molecule has 0 saturated heterocycles. The number of hydrogen-bond acceptors (Lipinski definition) is 2. The Morgan fingerprint density at radius 1 is 1.41 bits per heavy atom. The lowest BCUT2D eigenvalue weighted by Crippen LogP contribution is -2.37. The van der Waals surface area contributed by atoms with Crippen molar-refractivity contribution in [2.45, 2.75) is 39.2 Å². The van der Waals surface area contributed by atoms with Gasteiger partial charge in [0.2, 0.25) is 0 Å². The highest BCUT2D eigenvalue weighted by atomic mass is 16.5. The van der Waals surface area contributed by atoms with Gasteiger partial charge in [-0.25, -0.2) is 0 Å². The molecule has 1 unspecified atom stereocenters. The second-order valence-corrected chi connectivity index (χ2v) is 5.03. The van der Waals surface area contributed by atoms with Crippen LogP contribution in [0.15, 0.2) is 24.3 Å². The lowest BCUT2D eigenvalue weighted by molar-refractivity contribution is 0.249. The third-order valence-corrected chi connectivity index (χ3v) is 3.27. The average molecular weight is 233 g/mol. The first kappa shape index (κ1) is 12.4. The molecule has 1 aliphatic rings. The molecule has 1 N–H and O–H groups in total. The van der Waals surface area contributed by atoms with Crippen molar-refractivity contribution in [3.8, 4) is 5.75 Å². The van der Waals surface area contributed by atoms with Crippen molar-refractivity contribution in [1.82, 2.24) is 5.32 Å². The summed E-state index contributed by atoms with van der Waals surface area (Å²) in [7, 11) is 0. The monoisotopic (exact) mass is 233 g/mol. The molecule has 17 heavy (non-hydrogen) atoms. The maximum Gasteiger partial charge on any atom is 0.119 e. The Kier molecular flexibility index (Phi) is 4.43. The quantitative estimate of drug-likeness (QED) is 0.781. The maximum atomic E-state index is 5.88. The zero-order chi connectivity index (χ0) is 12.1. The molecule has 1 fully saturated rings. The maximum absolute atomic E-state index is 5.88. The van der Waals surface area contributed by atoms with E-state index in [0.29, 0.717) is 6.04 Å². The minimum absolute atomic E-state index is 0.537. The second kappa shape index (κ2) is 6.06. The average Bonchev–Trinajstić information content (AvgIpc) is 3.13. The highest BCUT2D eigenvalue weighted by Gasteiger charge is 2.31. The molecule has 0 amide bonds. The molecule has 0 aromatic heterocycles. The van der Waals surface area contributed by atoms with Crippen LogP contribution in [0.25, 0.3) is 0 Å². The number of hydrogen-bond donors (Lipinski definition) is 1. The molecule has 0 bridgehead atoms. The van der Waals surface area contributed by atoms with Crippen molar-refractivity contribution in [3.63, 3.8) is 0 Å². The zero-order valence-corrected chi connectivity index (χ0v) is 10.9. The van der Waals surface area contributed by atoms with Crippen molar-refractivity contribution >= 4 is 0 Å². The van der Waals surface area contributed by atoms with Gasteiger partial charge < -0.3 is 10.1 Å². The van der Waals surface area contributed by atoms with E-state index in [9.17, 15) is 0 Å². The summed E-state index contributed by atoms with van der Waals surface area (Å²) < 4.78 is 5.88. The van der Waals surface area contributed by atoms with E-state index in [-0.39, 0.29) is 0 Å². The summed E-state index contributed by atoms with van der Waals surface area (Å²) in [5, 5.41) is 3.59. The Morgan fingerprint density at radius 3 is 2.88 bits per heavy atom. The lowest BCUT2D eigenvalue weighted by Gasteiger charge is -2.18. The second-order valence-electron chi connectivity index (χ2n) is 5.03. The van der Waals surface area contributed by atoms with Crippen LogP contribution in [0.3, 0.4) is 0 Å². The van der Waals surface area contributed by atoms with Crippen molar-refractivity contribution in [1.29, 1.82) is 0 Å². The van der Waals surface area contributed by atoms with E-state index in [1.54, 1.807) is 0 Å². The molecule has 0 spiro atoms. The molecule has 0 radical (unpaired) electrons. The first-order valence-corrected chi connectivity index (χ1v) is 6.72. The normalized spacial score (nSPS) is 16.8. The van der Waals surface area contributed by atoms with Gasteiger partial charge in [-0.2, -0.15) is 0 Å². The Balaban J connectivity index is 1.82. The Bertz CT molecular complexity index is 347. The van der Waals surface area contributed by atoms with Crippen LogP contribution in [-0.2, 0) is 0 Å². The lowest BCUT2D eigenvalue weighted by atomic mass is 10.2. The third-order valence-electron chi connectivity index (χ3n) is 3.27. The fourth-order valence-electron chi connectivity index (χ4n) is 2.08. The van der Waals surface area contributed by atoms with Gasteiger partial charge in [0.05, 0.1) is 0 Å². The largest absolute Gasteiger partial charge is 0.492 e. The van der Waals surface area contributed by atoms with Crippen LogP contribution in [-0.4, -0.2) is 19.2 Å². The summed E-state index contributed by atoms with van der Waals surface area (Å²) in [6, 6.07) is 8.83. The molecular weight excluding hydrogens is 210 g/mol. The summed E-state index contributed by atoms with van der Waals surface area (Å²) >= 11 is 0. The molecular formula is C15H23NO. The summed E-state index contributed by atoms with van der Waals surface area (Å²) in [6.07, 6.45) is 3.91. The summed E-state index contributed by atoms with van der Waals surface area (Å²) in [5.41, 5.74) is 1.26. The molecule has 1 aromatic rings. The SMILES string of the molecule is CCCNC(COc1cccc(C)c1)C1CC1. The van der Waals surface area contributed by atoms with Crippen molar-refractivity contribution < 1.29 is 4.74 Å². The molecule has 1 saturated carbocycles. The van der Waals surface area contributed by atoms with Crippen molar-refractivity contribution in [3.05, 3.63) is 29.8 Å². The zero-order valence-electron chi connectivity index (χ0n) is 10.9. The topological polar surface area (TPSA) is 21.3 Å². The molecule has 94 valence electrons. The summed E-state index contributed by atoms with van der Waals surface area (Å²) in [4.78, 5) is 0. The van der Waals surface area contributed by atoms with Crippen LogP contribution in [0.1, 0.15) is 31.7 Å². The predicted octanol–water partition coefficient (Wildman–Crippen LogP) is 3.15. The van der Waals surface area contributed by atoms with Crippen LogP contribution in [0.2, 0.25) is 0 Å². The first-order valence-electron chi connectivity index (χ1n) is 6.72.